The van der Waals surface area contributed by atoms with E-state index >= 15 is 0 Å². The third kappa shape index (κ3) is 3.47. The van der Waals surface area contributed by atoms with Crippen molar-refractivity contribution in [3.63, 3.8) is 0 Å². The van der Waals surface area contributed by atoms with Crippen molar-refractivity contribution in [1.29, 1.82) is 0 Å². The first kappa shape index (κ1) is 12.9. The highest BCUT2D eigenvalue weighted by Crippen LogP contribution is 2.18. The second-order valence-corrected chi connectivity index (χ2v) is 3.61. The molecule has 0 saturated carbocycles. The Kier molecular flexibility index (Phi) is 5.22. The van der Waals surface area contributed by atoms with Crippen LogP contribution in [-0.4, -0.2) is 25.5 Å². The predicted molar refractivity (Wildman–Crippen MR) is 62.3 cm³/mol. The van der Waals surface area contributed by atoms with Crippen LogP contribution < -0.4 is 10.6 Å². The second-order valence-electron chi connectivity index (χ2n) is 3.21. The molecule has 0 aromatic heterocycles. The Hall–Kier alpha value is -1.13. The molecule has 0 spiro atoms. The number of halogens is 2. The van der Waals surface area contributed by atoms with Gasteiger partial charge in [-0.3, -0.25) is 4.79 Å². The number of hydrogen-bond acceptors (Lipinski definition) is 2. The number of hydrogen-bond donors (Lipinski definition) is 2. The lowest BCUT2D eigenvalue weighted by molar-refractivity contribution is 0.0950. The molecule has 3 nitrogen and oxygen atoms in total. The van der Waals surface area contributed by atoms with Crippen LogP contribution in [0.5, 0.6) is 0 Å². The van der Waals surface area contributed by atoms with Crippen molar-refractivity contribution in [3.05, 3.63) is 34.6 Å². The molecule has 0 bridgehead atoms. The summed E-state index contributed by atoms with van der Waals surface area (Å²) < 4.78 is 13.3. The van der Waals surface area contributed by atoms with Crippen molar-refractivity contribution >= 4 is 17.5 Å². The SMILES string of the molecule is CCNCCNC(=O)c1c(F)cccc1Cl. The molecule has 1 amide bonds. The second kappa shape index (κ2) is 6.45. The number of amides is 1. The molecule has 0 saturated heterocycles. The standard InChI is InChI=1S/C11H14ClFN2O/c1-2-14-6-7-15-11(16)10-8(12)4-3-5-9(10)13/h3-5,14H,2,6-7H2,1H3,(H,15,16). The third-order valence-corrected chi connectivity index (χ3v) is 2.34. The number of benzene rings is 1. The molecular weight excluding hydrogens is 231 g/mol. The Morgan fingerprint density at radius 2 is 2.19 bits per heavy atom. The number of likely N-dealkylation sites (N-methyl/N-ethyl adjacent to an activating group) is 1. The van der Waals surface area contributed by atoms with Crippen LogP contribution in [0.3, 0.4) is 0 Å². The van der Waals surface area contributed by atoms with Crippen LogP contribution in [0.4, 0.5) is 4.39 Å². The maximum absolute atomic E-state index is 13.3. The van der Waals surface area contributed by atoms with E-state index in [-0.39, 0.29) is 10.6 Å². The quantitative estimate of drug-likeness (QED) is 0.776. The fourth-order valence-electron chi connectivity index (χ4n) is 1.24. The lowest BCUT2D eigenvalue weighted by atomic mass is 10.2. The van der Waals surface area contributed by atoms with E-state index in [0.29, 0.717) is 13.1 Å². The number of nitrogens with one attached hydrogen (secondary N) is 2. The first-order chi connectivity index (χ1) is 7.66. The van der Waals surface area contributed by atoms with Crippen molar-refractivity contribution in [2.24, 2.45) is 0 Å². The average molecular weight is 245 g/mol. The summed E-state index contributed by atoms with van der Waals surface area (Å²) in [7, 11) is 0. The van der Waals surface area contributed by atoms with Crippen LogP contribution in [0.2, 0.25) is 5.02 Å². The minimum atomic E-state index is -0.603. The highest BCUT2D eigenvalue weighted by molar-refractivity contribution is 6.33. The third-order valence-electron chi connectivity index (χ3n) is 2.03. The zero-order chi connectivity index (χ0) is 12.0. The molecule has 2 N–H and O–H groups in total. The zero-order valence-electron chi connectivity index (χ0n) is 9.02. The molecule has 0 aliphatic rings. The molecule has 0 aliphatic heterocycles. The van der Waals surface area contributed by atoms with Gasteiger partial charge in [0.1, 0.15) is 5.82 Å². The van der Waals surface area contributed by atoms with E-state index < -0.39 is 11.7 Å². The maximum Gasteiger partial charge on any atom is 0.255 e. The fourth-order valence-corrected chi connectivity index (χ4v) is 1.49. The van der Waals surface area contributed by atoms with Crippen molar-refractivity contribution < 1.29 is 9.18 Å². The minimum Gasteiger partial charge on any atom is -0.351 e. The van der Waals surface area contributed by atoms with Gasteiger partial charge in [0.2, 0.25) is 0 Å². The minimum absolute atomic E-state index is 0.0966. The molecule has 0 heterocycles. The van der Waals surface area contributed by atoms with E-state index in [1.165, 1.54) is 18.2 Å². The van der Waals surface area contributed by atoms with Crippen LogP contribution in [0.15, 0.2) is 18.2 Å². The lowest BCUT2D eigenvalue weighted by Crippen LogP contribution is -2.32. The Morgan fingerprint density at radius 1 is 1.44 bits per heavy atom. The summed E-state index contributed by atoms with van der Waals surface area (Å²) in [5, 5.41) is 5.76. The largest absolute Gasteiger partial charge is 0.351 e. The van der Waals surface area contributed by atoms with Crippen molar-refractivity contribution in [2.75, 3.05) is 19.6 Å². The van der Waals surface area contributed by atoms with Crippen molar-refractivity contribution in [3.8, 4) is 0 Å². The van der Waals surface area contributed by atoms with Crippen molar-refractivity contribution in [1.82, 2.24) is 10.6 Å². The number of carbonyl (C=O) groups is 1. The highest BCUT2D eigenvalue weighted by Gasteiger charge is 2.14. The van der Waals surface area contributed by atoms with E-state index in [4.69, 9.17) is 11.6 Å². The maximum atomic E-state index is 13.3. The van der Waals surface area contributed by atoms with Crippen LogP contribution in [-0.2, 0) is 0 Å². The number of rotatable bonds is 5. The smallest absolute Gasteiger partial charge is 0.255 e. The van der Waals surface area contributed by atoms with Gasteiger partial charge < -0.3 is 10.6 Å². The predicted octanol–water partition coefficient (Wildman–Crippen LogP) is 1.82. The molecule has 0 atom stereocenters. The molecule has 0 fully saturated rings. The molecule has 0 unspecified atom stereocenters. The van der Waals surface area contributed by atoms with E-state index in [1.54, 1.807) is 0 Å². The summed E-state index contributed by atoms with van der Waals surface area (Å²) in [6.45, 7) is 3.89. The Balaban J connectivity index is 2.59. The topological polar surface area (TPSA) is 41.1 Å². The average Bonchev–Trinajstić information content (AvgIpc) is 2.24. The van der Waals surface area contributed by atoms with Crippen LogP contribution in [0.1, 0.15) is 17.3 Å². The Bertz CT molecular complexity index is 351. The van der Waals surface area contributed by atoms with Gasteiger partial charge in [0.05, 0.1) is 10.6 Å². The van der Waals surface area contributed by atoms with E-state index in [0.717, 1.165) is 6.54 Å². The number of carbonyl (C=O) groups excluding carboxylic acids is 1. The van der Waals surface area contributed by atoms with Gasteiger partial charge in [0, 0.05) is 13.1 Å². The molecular formula is C11H14ClFN2O. The van der Waals surface area contributed by atoms with Gasteiger partial charge in [-0.05, 0) is 18.7 Å². The highest BCUT2D eigenvalue weighted by atomic mass is 35.5. The van der Waals surface area contributed by atoms with Gasteiger partial charge in [0.15, 0.2) is 0 Å². The zero-order valence-corrected chi connectivity index (χ0v) is 9.77. The van der Waals surface area contributed by atoms with Gasteiger partial charge in [-0.15, -0.1) is 0 Å². The summed E-state index contributed by atoms with van der Waals surface area (Å²) in [5.74, 6) is -1.09. The summed E-state index contributed by atoms with van der Waals surface area (Å²) in [4.78, 5) is 11.6. The van der Waals surface area contributed by atoms with Crippen molar-refractivity contribution in [2.45, 2.75) is 6.92 Å². The monoisotopic (exact) mass is 244 g/mol. The van der Waals surface area contributed by atoms with Gasteiger partial charge in [-0.2, -0.15) is 0 Å². The van der Waals surface area contributed by atoms with Gasteiger partial charge >= 0.3 is 0 Å². The van der Waals surface area contributed by atoms with E-state index in [9.17, 15) is 9.18 Å². The summed E-state index contributed by atoms with van der Waals surface area (Å²) in [6, 6.07) is 4.17. The Morgan fingerprint density at radius 3 is 2.81 bits per heavy atom. The van der Waals surface area contributed by atoms with Crippen LogP contribution in [0, 0.1) is 5.82 Å². The van der Waals surface area contributed by atoms with Crippen LogP contribution >= 0.6 is 11.6 Å². The molecule has 88 valence electrons. The fraction of sp³-hybridized carbons (Fsp3) is 0.364. The molecule has 0 radical (unpaired) electrons. The summed E-state index contributed by atoms with van der Waals surface area (Å²) >= 11 is 5.75. The summed E-state index contributed by atoms with van der Waals surface area (Å²) in [5.41, 5.74) is -0.0966. The lowest BCUT2D eigenvalue weighted by Gasteiger charge is -2.07. The Labute approximate surface area is 99.0 Å². The molecule has 1 aromatic carbocycles. The van der Waals surface area contributed by atoms with E-state index in [2.05, 4.69) is 10.6 Å². The normalized spacial score (nSPS) is 10.2. The van der Waals surface area contributed by atoms with Gasteiger partial charge in [-0.25, -0.2) is 4.39 Å². The first-order valence-corrected chi connectivity index (χ1v) is 5.47. The van der Waals surface area contributed by atoms with Gasteiger partial charge in [0.25, 0.3) is 5.91 Å². The molecule has 0 aliphatic carbocycles. The molecule has 1 aromatic rings. The molecule has 5 heteroatoms. The van der Waals surface area contributed by atoms with Crippen LogP contribution in [0.25, 0.3) is 0 Å². The molecule has 1 rings (SSSR count). The first-order valence-electron chi connectivity index (χ1n) is 5.09. The summed E-state index contributed by atoms with van der Waals surface area (Å²) in [6.07, 6.45) is 0. The van der Waals surface area contributed by atoms with Gasteiger partial charge in [-0.1, -0.05) is 24.6 Å². The molecule has 16 heavy (non-hydrogen) atoms. The van der Waals surface area contributed by atoms with E-state index in [1.807, 2.05) is 6.92 Å².